The van der Waals surface area contributed by atoms with Crippen molar-refractivity contribution >= 4 is 0 Å². The lowest BCUT2D eigenvalue weighted by atomic mass is 9.49. The predicted octanol–water partition coefficient (Wildman–Crippen LogP) is 5.29. The molecule has 1 N–H and O–H groups in total. The molecule has 1 nitrogen and oxygen atoms in total. The second-order valence-corrected chi connectivity index (χ2v) is 9.34. The summed E-state index contributed by atoms with van der Waals surface area (Å²) in [6, 6.07) is 0. The van der Waals surface area contributed by atoms with E-state index in [9.17, 15) is 9.50 Å². The van der Waals surface area contributed by atoms with Gasteiger partial charge >= 0.3 is 0 Å². The molecule has 0 unspecified atom stereocenters. The third-order valence-corrected chi connectivity index (χ3v) is 8.55. The Balaban J connectivity index is 1.55. The largest absolute Gasteiger partial charge is 0.387 e. The van der Waals surface area contributed by atoms with Crippen molar-refractivity contribution in [3.05, 3.63) is 11.6 Å². The van der Waals surface area contributed by atoms with Gasteiger partial charge in [-0.25, -0.2) is 4.39 Å². The average Bonchev–Trinajstić information content (AvgIpc) is 2.90. The number of aliphatic hydroxyl groups is 1. The van der Waals surface area contributed by atoms with Crippen molar-refractivity contribution in [2.75, 3.05) is 6.67 Å². The maximum atomic E-state index is 13.2. The zero-order valence-electron chi connectivity index (χ0n) is 14.9. The van der Waals surface area contributed by atoms with E-state index in [1.54, 1.807) is 5.57 Å². The summed E-state index contributed by atoms with van der Waals surface area (Å²) in [7, 11) is 0. The highest BCUT2D eigenvalue weighted by Gasteiger charge is 2.56. The van der Waals surface area contributed by atoms with Gasteiger partial charge in [-0.05, 0) is 99.7 Å². The highest BCUT2D eigenvalue weighted by Crippen LogP contribution is 2.64. The van der Waals surface area contributed by atoms with Gasteiger partial charge in [0.25, 0.3) is 0 Å². The molecule has 0 aromatic carbocycles. The molecule has 130 valence electrons. The molecule has 0 aromatic rings. The molecule has 4 aliphatic carbocycles. The lowest BCUT2D eigenvalue weighted by Gasteiger charge is -2.56. The van der Waals surface area contributed by atoms with Gasteiger partial charge < -0.3 is 5.11 Å². The van der Waals surface area contributed by atoms with Crippen molar-refractivity contribution in [2.45, 2.75) is 77.2 Å². The van der Waals surface area contributed by atoms with E-state index in [2.05, 4.69) is 19.9 Å². The molecule has 4 fully saturated rings. The molecule has 4 rings (SSSR count). The van der Waals surface area contributed by atoms with Crippen LogP contribution in [0, 0.1) is 35.0 Å². The van der Waals surface area contributed by atoms with Crippen LogP contribution >= 0.6 is 0 Å². The first kappa shape index (κ1) is 16.1. The van der Waals surface area contributed by atoms with Crippen LogP contribution in [0.15, 0.2) is 11.6 Å². The molecule has 0 aromatic heterocycles. The average molecular weight is 320 g/mol. The number of halogens is 1. The van der Waals surface area contributed by atoms with Gasteiger partial charge in [-0.3, -0.25) is 0 Å². The van der Waals surface area contributed by atoms with Crippen LogP contribution < -0.4 is 0 Å². The molecule has 0 amide bonds. The Morgan fingerprint density at radius 3 is 2.61 bits per heavy atom. The molecule has 0 radical (unpaired) electrons. The Bertz CT molecular complexity index is 500. The second kappa shape index (κ2) is 5.58. The van der Waals surface area contributed by atoms with E-state index in [0.29, 0.717) is 17.8 Å². The van der Waals surface area contributed by atoms with Crippen LogP contribution in [0.5, 0.6) is 0 Å². The topological polar surface area (TPSA) is 20.2 Å². The zero-order chi connectivity index (χ0) is 16.2. The van der Waals surface area contributed by atoms with Crippen molar-refractivity contribution in [1.29, 1.82) is 0 Å². The Labute approximate surface area is 140 Å². The zero-order valence-corrected chi connectivity index (χ0v) is 14.9. The van der Waals surface area contributed by atoms with E-state index < -0.39 is 12.3 Å². The summed E-state index contributed by atoms with van der Waals surface area (Å²) >= 11 is 0. The van der Waals surface area contributed by atoms with Crippen LogP contribution in [0.2, 0.25) is 0 Å². The maximum absolute atomic E-state index is 13.2. The summed E-state index contributed by atoms with van der Waals surface area (Å²) < 4.78 is 13.2. The van der Waals surface area contributed by atoms with Crippen molar-refractivity contribution in [3.63, 3.8) is 0 Å². The summed E-state index contributed by atoms with van der Waals surface area (Å²) in [6.07, 6.45) is 12.9. The standard InChI is InChI=1S/C21H33FO/c1-3-15-5-7-19-18-6-4-14-12-21(23,13-22)11-9-16(14)17(18)8-10-20(15,19)2/h3,14,16-19,23H,4-13H2,1-2H3/t14-,16-,17+,18+,19-,20+,21+/m0/s1. The third-order valence-electron chi connectivity index (χ3n) is 8.55. The van der Waals surface area contributed by atoms with Crippen LogP contribution in [0.1, 0.15) is 71.6 Å². The lowest BCUT2D eigenvalue weighted by molar-refractivity contribution is -0.104. The molecular weight excluding hydrogens is 287 g/mol. The quantitative estimate of drug-likeness (QED) is 0.651. The Morgan fingerprint density at radius 1 is 1.09 bits per heavy atom. The maximum Gasteiger partial charge on any atom is 0.118 e. The number of allylic oxidation sites excluding steroid dienone is 2. The van der Waals surface area contributed by atoms with Crippen LogP contribution in [0.25, 0.3) is 0 Å². The second-order valence-electron chi connectivity index (χ2n) is 9.34. The highest BCUT2D eigenvalue weighted by atomic mass is 19.1. The van der Waals surface area contributed by atoms with E-state index in [1.165, 1.54) is 38.5 Å². The molecular formula is C21H33FO. The molecule has 0 heterocycles. The molecule has 23 heavy (non-hydrogen) atoms. The third kappa shape index (κ3) is 2.34. The summed E-state index contributed by atoms with van der Waals surface area (Å²) in [5.41, 5.74) is 1.19. The van der Waals surface area contributed by atoms with Crippen LogP contribution in [0.4, 0.5) is 4.39 Å². The normalized spacial score (nSPS) is 54.4. The van der Waals surface area contributed by atoms with Gasteiger partial charge in [0.05, 0.1) is 5.60 Å². The van der Waals surface area contributed by atoms with E-state index in [0.717, 1.165) is 36.5 Å². The molecule has 2 heteroatoms. The predicted molar refractivity (Wildman–Crippen MR) is 91.8 cm³/mol. The minimum absolute atomic E-state index is 0.469. The van der Waals surface area contributed by atoms with E-state index >= 15 is 0 Å². The fraction of sp³-hybridized carbons (Fsp3) is 0.905. The van der Waals surface area contributed by atoms with E-state index in [1.807, 2.05) is 0 Å². The van der Waals surface area contributed by atoms with Gasteiger partial charge in [0.2, 0.25) is 0 Å². The number of hydrogen-bond acceptors (Lipinski definition) is 1. The van der Waals surface area contributed by atoms with Gasteiger partial charge in [0.15, 0.2) is 0 Å². The SMILES string of the molecule is CC=C1CC[C@H]2[C@@H]3CC[C@H]4C[C@@](O)(CF)CC[C@@H]4[C@H]3CC[C@]12C. The minimum atomic E-state index is -0.997. The smallest absolute Gasteiger partial charge is 0.118 e. The van der Waals surface area contributed by atoms with Crippen LogP contribution in [0.3, 0.4) is 0 Å². The fourth-order valence-corrected chi connectivity index (χ4v) is 7.41. The summed E-state index contributed by atoms with van der Waals surface area (Å²) in [6.45, 7) is 4.21. The fourth-order valence-electron chi connectivity index (χ4n) is 7.41. The molecule has 7 atom stereocenters. The number of alkyl halides is 1. The summed E-state index contributed by atoms with van der Waals surface area (Å²) in [4.78, 5) is 0. The first-order valence-corrected chi connectivity index (χ1v) is 9.95. The van der Waals surface area contributed by atoms with Crippen molar-refractivity contribution in [3.8, 4) is 0 Å². The van der Waals surface area contributed by atoms with Crippen LogP contribution in [-0.4, -0.2) is 17.4 Å². The Morgan fingerprint density at radius 2 is 1.87 bits per heavy atom. The van der Waals surface area contributed by atoms with Gasteiger partial charge in [-0.2, -0.15) is 0 Å². The highest BCUT2D eigenvalue weighted by molar-refractivity contribution is 5.23. The van der Waals surface area contributed by atoms with E-state index in [4.69, 9.17) is 0 Å². The number of hydrogen-bond donors (Lipinski definition) is 1. The number of rotatable bonds is 1. The first-order valence-electron chi connectivity index (χ1n) is 9.95. The van der Waals surface area contributed by atoms with Gasteiger partial charge in [-0.1, -0.05) is 18.6 Å². The molecule has 0 saturated heterocycles. The minimum Gasteiger partial charge on any atom is -0.387 e. The first-order chi connectivity index (χ1) is 11.0. The summed E-state index contributed by atoms with van der Waals surface area (Å²) in [5.74, 6) is 3.98. The molecule has 0 bridgehead atoms. The van der Waals surface area contributed by atoms with Crippen molar-refractivity contribution in [1.82, 2.24) is 0 Å². The number of fused-ring (bicyclic) bond motifs is 5. The van der Waals surface area contributed by atoms with Crippen molar-refractivity contribution < 1.29 is 9.50 Å². The summed E-state index contributed by atoms with van der Waals surface area (Å²) in [5, 5.41) is 10.4. The Hall–Kier alpha value is -0.370. The van der Waals surface area contributed by atoms with Gasteiger partial charge in [-0.15, -0.1) is 0 Å². The van der Waals surface area contributed by atoms with Crippen molar-refractivity contribution in [2.24, 2.45) is 35.0 Å². The molecule has 4 saturated carbocycles. The van der Waals surface area contributed by atoms with Gasteiger partial charge in [0, 0.05) is 0 Å². The van der Waals surface area contributed by atoms with E-state index in [-0.39, 0.29) is 0 Å². The van der Waals surface area contributed by atoms with Gasteiger partial charge in [0.1, 0.15) is 6.67 Å². The molecule has 0 aliphatic heterocycles. The molecule has 4 aliphatic rings. The Kier molecular flexibility index (Phi) is 3.91. The molecule has 0 spiro atoms. The van der Waals surface area contributed by atoms with Crippen LogP contribution in [-0.2, 0) is 0 Å². The lowest BCUT2D eigenvalue weighted by Crippen LogP contribution is -2.50. The monoisotopic (exact) mass is 320 g/mol.